The molecule has 2 aromatic carbocycles. The summed E-state index contributed by atoms with van der Waals surface area (Å²) in [6.45, 7) is 1.82. The summed E-state index contributed by atoms with van der Waals surface area (Å²) in [5, 5.41) is 1.36. The number of benzene rings is 2. The monoisotopic (exact) mass is 376 g/mol. The van der Waals surface area contributed by atoms with E-state index in [1.165, 1.54) is 23.5 Å². The second-order valence-corrected chi connectivity index (χ2v) is 6.49. The molecule has 1 heterocycles. The zero-order valence-electron chi connectivity index (χ0n) is 14.0. The molecule has 0 atom stereocenters. The van der Waals surface area contributed by atoms with Crippen LogP contribution in [0.1, 0.15) is 16.8 Å². The van der Waals surface area contributed by atoms with E-state index in [2.05, 4.69) is 9.98 Å². The molecule has 0 amide bonds. The number of aliphatic imine (C=N–C) groups is 1. The topological polar surface area (TPSA) is 34.5 Å². The number of rotatable bonds is 4. The van der Waals surface area contributed by atoms with Crippen LogP contribution >= 0.6 is 11.3 Å². The molecule has 1 aromatic heterocycles. The summed E-state index contributed by atoms with van der Waals surface area (Å²) < 4.78 is 43.1. The van der Waals surface area contributed by atoms with Crippen LogP contribution in [0.4, 0.5) is 18.2 Å². The Labute approximate surface area is 152 Å². The Morgan fingerprint density at radius 3 is 2.27 bits per heavy atom. The fourth-order valence-corrected chi connectivity index (χ4v) is 3.17. The quantitative estimate of drug-likeness (QED) is 0.532. The van der Waals surface area contributed by atoms with Gasteiger partial charge in [0.25, 0.3) is 0 Å². The van der Waals surface area contributed by atoms with E-state index >= 15 is 0 Å². The SMILES string of the molecule is COc1ccc(C=Nc2sc(-c3ccc(C(F)(F)F)cc3)nc2C)cc1. The largest absolute Gasteiger partial charge is 0.497 e. The third kappa shape index (κ3) is 4.11. The second-order valence-electron chi connectivity index (χ2n) is 5.52. The smallest absolute Gasteiger partial charge is 0.416 e. The summed E-state index contributed by atoms with van der Waals surface area (Å²) >= 11 is 1.34. The highest BCUT2D eigenvalue weighted by Crippen LogP contribution is 2.35. The van der Waals surface area contributed by atoms with Crippen molar-refractivity contribution in [2.45, 2.75) is 13.1 Å². The molecule has 7 heteroatoms. The summed E-state index contributed by atoms with van der Waals surface area (Å²) in [6, 6.07) is 12.4. The van der Waals surface area contributed by atoms with Crippen molar-refractivity contribution in [3.8, 4) is 16.3 Å². The van der Waals surface area contributed by atoms with Crippen LogP contribution in [0.3, 0.4) is 0 Å². The number of thiazole rings is 1. The van der Waals surface area contributed by atoms with Crippen LogP contribution in [0, 0.1) is 6.92 Å². The number of aryl methyl sites for hydroxylation is 1. The number of aromatic nitrogens is 1. The molecule has 3 aromatic rings. The molecule has 0 aliphatic carbocycles. The van der Waals surface area contributed by atoms with Crippen LogP contribution in [0.15, 0.2) is 53.5 Å². The van der Waals surface area contributed by atoms with Crippen LogP contribution in [-0.2, 0) is 6.18 Å². The van der Waals surface area contributed by atoms with Gasteiger partial charge in [0.15, 0.2) is 0 Å². The first-order valence-electron chi connectivity index (χ1n) is 7.70. The van der Waals surface area contributed by atoms with E-state index < -0.39 is 11.7 Å². The predicted octanol–water partition coefficient (Wildman–Crippen LogP) is 5.90. The van der Waals surface area contributed by atoms with Crippen LogP contribution in [0.5, 0.6) is 5.75 Å². The lowest BCUT2D eigenvalue weighted by Gasteiger charge is -2.06. The normalized spacial score (nSPS) is 11.9. The third-order valence-electron chi connectivity index (χ3n) is 3.68. The molecule has 0 aliphatic heterocycles. The molecule has 0 unspecified atom stereocenters. The van der Waals surface area contributed by atoms with Gasteiger partial charge in [0.1, 0.15) is 15.8 Å². The lowest BCUT2D eigenvalue weighted by molar-refractivity contribution is -0.137. The lowest BCUT2D eigenvalue weighted by atomic mass is 10.1. The number of hydrogen-bond donors (Lipinski definition) is 0. The van der Waals surface area contributed by atoms with Crippen molar-refractivity contribution in [3.63, 3.8) is 0 Å². The molecule has 3 rings (SSSR count). The van der Waals surface area contributed by atoms with Crippen LogP contribution in [-0.4, -0.2) is 18.3 Å². The molecule has 3 nitrogen and oxygen atoms in total. The minimum absolute atomic E-state index is 0.636. The van der Waals surface area contributed by atoms with E-state index in [1.54, 1.807) is 13.3 Å². The Hall–Kier alpha value is -2.67. The Kier molecular flexibility index (Phi) is 5.08. The highest BCUT2D eigenvalue weighted by Gasteiger charge is 2.30. The minimum Gasteiger partial charge on any atom is -0.497 e. The number of nitrogens with zero attached hydrogens (tertiary/aromatic N) is 2. The molecule has 134 valence electrons. The van der Waals surface area contributed by atoms with Gasteiger partial charge < -0.3 is 4.74 Å². The summed E-state index contributed by atoms with van der Waals surface area (Å²) in [5.41, 5.74) is 1.61. The van der Waals surface area contributed by atoms with Gasteiger partial charge in [0.05, 0.1) is 18.4 Å². The molecule has 0 N–H and O–H groups in total. The van der Waals surface area contributed by atoms with Crippen molar-refractivity contribution >= 4 is 22.6 Å². The van der Waals surface area contributed by atoms with Gasteiger partial charge in [0.2, 0.25) is 0 Å². The number of ether oxygens (including phenoxy) is 1. The van der Waals surface area contributed by atoms with Gasteiger partial charge in [-0.2, -0.15) is 13.2 Å². The van der Waals surface area contributed by atoms with Gasteiger partial charge in [-0.05, 0) is 48.9 Å². The summed E-state index contributed by atoms with van der Waals surface area (Å²) in [5.74, 6) is 0.765. The number of hydrogen-bond acceptors (Lipinski definition) is 4. The van der Waals surface area contributed by atoms with E-state index in [9.17, 15) is 13.2 Å². The molecule has 0 fully saturated rings. The summed E-state index contributed by atoms with van der Waals surface area (Å²) in [6.07, 6.45) is -2.62. The van der Waals surface area contributed by atoms with Crippen molar-refractivity contribution < 1.29 is 17.9 Å². The van der Waals surface area contributed by atoms with E-state index in [4.69, 9.17) is 4.74 Å². The molecule has 26 heavy (non-hydrogen) atoms. The standard InChI is InChI=1S/C19H15F3N2OS/c1-12-17(23-11-13-3-9-16(25-2)10-4-13)26-18(24-12)14-5-7-15(8-6-14)19(20,21)22/h3-11H,1-2H3. The fourth-order valence-electron chi connectivity index (χ4n) is 2.26. The summed E-state index contributed by atoms with van der Waals surface area (Å²) in [7, 11) is 1.60. The van der Waals surface area contributed by atoms with E-state index in [-0.39, 0.29) is 0 Å². The molecule has 0 spiro atoms. The van der Waals surface area contributed by atoms with Crippen LogP contribution in [0.2, 0.25) is 0 Å². The summed E-state index contributed by atoms with van der Waals surface area (Å²) in [4.78, 5) is 8.86. The molecule has 0 aliphatic rings. The zero-order chi connectivity index (χ0) is 18.7. The van der Waals surface area contributed by atoms with Crippen LogP contribution in [0.25, 0.3) is 10.6 Å². The van der Waals surface area contributed by atoms with E-state index in [0.29, 0.717) is 10.6 Å². The van der Waals surface area contributed by atoms with Crippen molar-refractivity contribution in [3.05, 3.63) is 65.4 Å². The maximum absolute atomic E-state index is 12.7. The van der Waals surface area contributed by atoms with Crippen molar-refractivity contribution in [2.75, 3.05) is 7.11 Å². The van der Waals surface area contributed by atoms with Gasteiger partial charge in [-0.3, -0.25) is 0 Å². The Morgan fingerprint density at radius 1 is 1.04 bits per heavy atom. The fraction of sp³-hybridized carbons (Fsp3) is 0.158. The Bertz CT molecular complexity index is 913. The molecule has 0 saturated carbocycles. The van der Waals surface area contributed by atoms with E-state index in [0.717, 1.165) is 34.1 Å². The second kappa shape index (κ2) is 7.29. The van der Waals surface area contributed by atoms with Gasteiger partial charge in [0, 0.05) is 11.8 Å². The Balaban J connectivity index is 1.81. The first-order chi connectivity index (χ1) is 12.4. The molecule has 0 saturated heterocycles. The molecule has 0 radical (unpaired) electrons. The lowest BCUT2D eigenvalue weighted by Crippen LogP contribution is -2.03. The molecular formula is C19H15F3N2OS. The molecular weight excluding hydrogens is 361 g/mol. The highest BCUT2D eigenvalue weighted by atomic mass is 32.1. The maximum atomic E-state index is 12.7. The van der Waals surface area contributed by atoms with Gasteiger partial charge in [-0.25, -0.2) is 9.98 Å². The third-order valence-corrected chi connectivity index (χ3v) is 4.79. The minimum atomic E-state index is -4.34. The molecule has 0 bridgehead atoms. The van der Waals surface area contributed by atoms with Crippen molar-refractivity contribution in [1.82, 2.24) is 4.98 Å². The first kappa shape index (κ1) is 18.1. The van der Waals surface area contributed by atoms with E-state index in [1.807, 2.05) is 31.2 Å². The van der Waals surface area contributed by atoms with Crippen molar-refractivity contribution in [2.24, 2.45) is 4.99 Å². The average molecular weight is 376 g/mol. The maximum Gasteiger partial charge on any atom is 0.416 e. The van der Waals surface area contributed by atoms with Gasteiger partial charge in [-0.15, -0.1) is 0 Å². The number of alkyl halides is 3. The predicted molar refractivity (Wildman–Crippen MR) is 97.5 cm³/mol. The first-order valence-corrected chi connectivity index (χ1v) is 8.51. The highest BCUT2D eigenvalue weighted by molar-refractivity contribution is 7.18. The number of methoxy groups -OCH3 is 1. The van der Waals surface area contributed by atoms with Gasteiger partial charge in [-0.1, -0.05) is 23.5 Å². The zero-order valence-corrected chi connectivity index (χ0v) is 14.9. The Morgan fingerprint density at radius 2 is 1.69 bits per heavy atom. The van der Waals surface area contributed by atoms with Gasteiger partial charge >= 0.3 is 6.18 Å². The number of halogens is 3. The average Bonchev–Trinajstić information content (AvgIpc) is 3.00. The van der Waals surface area contributed by atoms with Crippen LogP contribution < -0.4 is 4.74 Å². The van der Waals surface area contributed by atoms with Crippen molar-refractivity contribution in [1.29, 1.82) is 0 Å².